The van der Waals surface area contributed by atoms with Crippen LogP contribution in [0.15, 0.2) is 23.8 Å². The molecule has 21 nitrogen and oxygen atoms in total. The molecule has 3 fully saturated rings. The molecule has 3 aliphatic rings. The lowest BCUT2D eigenvalue weighted by atomic mass is 10.1. The number of aryl methyl sites for hydroxylation is 1. The fourth-order valence-corrected chi connectivity index (χ4v) is 8.32. The van der Waals surface area contributed by atoms with Crippen molar-refractivity contribution in [2.24, 2.45) is 0 Å². The number of aliphatic hydroxyl groups is 2. The van der Waals surface area contributed by atoms with Gasteiger partial charge in [-0.15, -0.1) is 0 Å². The van der Waals surface area contributed by atoms with Gasteiger partial charge in [0.2, 0.25) is 10.0 Å². The first kappa shape index (κ1) is 30.0. The smallest absolute Gasteiger partial charge is 0.279 e. The molecule has 4 aromatic heterocycles. The van der Waals surface area contributed by atoms with Crippen LogP contribution < -0.4 is 25.5 Å². The van der Waals surface area contributed by atoms with E-state index in [0.717, 1.165) is 0 Å². The molecule has 7 heterocycles. The molecule has 0 spiro atoms. The Bertz CT molecular complexity index is 2070. The van der Waals surface area contributed by atoms with Crippen molar-refractivity contribution in [3.8, 4) is 0 Å². The summed E-state index contributed by atoms with van der Waals surface area (Å²) in [6.07, 6.45) is -4.46. The number of hydrogen-bond acceptors (Lipinski definition) is 15. The number of nitrogens with two attached hydrogens (primary N) is 1. The Morgan fingerprint density at radius 1 is 0.911 bits per heavy atom. The summed E-state index contributed by atoms with van der Waals surface area (Å²) in [5.74, 6) is -0.227. The van der Waals surface area contributed by atoms with E-state index in [1.54, 1.807) is 6.92 Å². The predicted molar refractivity (Wildman–Crippen MR) is 152 cm³/mol. The zero-order valence-electron chi connectivity index (χ0n) is 23.2. The van der Waals surface area contributed by atoms with Gasteiger partial charge in [0.15, 0.2) is 35.1 Å². The number of fused-ring (bicyclic) bond motifs is 5. The molecule has 8 atom stereocenters. The normalized spacial score (nSPS) is 33.4. The van der Waals surface area contributed by atoms with Crippen LogP contribution in [0.25, 0.3) is 22.3 Å². The number of nitrogens with one attached hydrogen (secondary N) is 4. The van der Waals surface area contributed by atoms with E-state index in [1.807, 2.05) is 0 Å². The molecule has 0 aliphatic carbocycles. The number of nitrogens with zero attached hydrogens (tertiary/aromatic N) is 7. The van der Waals surface area contributed by atoms with Gasteiger partial charge in [0.25, 0.3) is 15.8 Å². The highest BCUT2D eigenvalue weighted by molar-refractivity contribution is 7.89. The third-order valence-corrected chi connectivity index (χ3v) is 10.5. The number of aliphatic hydroxyl groups excluding tert-OH is 2. The SMILES string of the molecule is Cc1nc2c(ncn2[C@@H]2O[C@@H]3CCS(=O)(=O)N[C@@H]4C(O)[C@H](n5cnc6c(N)ncnc65)O[C@@H]4CNS(=O)(=O)N[C@H]2C3O)c(=O)[nH]1. The molecule has 7 rings (SSSR count). The summed E-state index contributed by atoms with van der Waals surface area (Å²) < 4.78 is 75.0. The first-order chi connectivity index (χ1) is 21.3. The van der Waals surface area contributed by atoms with Crippen molar-refractivity contribution in [3.05, 3.63) is 35.2 Å². The maximum absolute atomic E-state index is 13.3. The molecular formula is C22H28N12O9S2. The third-order valence-electron chi connectivity index (χ3n) is 7.98. The fraction of sp³-hybridized carbons (Fsp3) is 0.545. The Morgan fingerprint density at radius 3 is 2.40 bits per heavy atom. The largest absolute Gasteiger partial charge is 0.389 e. The highest BCUT2D eigenvalue weighted by Gasteiger charge is 2.50. The molecule has 0 saturated carbocycles. The van der Waals surface area contributed by atoms with E-state index in [4.69, 9.17) is 15.2 Å². The van der Waals surface area contributed by atoms with Gasteiger partial charge >= 0.3 is 0 Å². The Balaban J connectivity index is 1.21. The van der Waals surface area contributed by atoms with E-state index in [9.17, 15) is 31.8 Å². The minimum absolute atomic E-state index is 0.0413. The number of ether oxygens (including phenoxy) is 2. The van der Waals surface area contributed by atoms with Gasteiger partial charge in [0.1, 0.15) is 29.9 Å². The average Bonchev–Trinajstić information content (AvgIpc) is 3.72. The van der Waals surface area contributed by atoms with Crippen LogP contribution in [0.3, 0.4) is 0 Å². The van der Waals surface area contributed by atoms with Crippen molar-refractivity contribution in [2.75, 3.05) is 18.0 Å². The van der Waals surface area contributed by atoms with Crippen molar-refractivity contribution < 1.29 is 36.5 Å². The zero-order chi connectivity index (χ0) is 31.8. The molecule has 0 radical (unpaired) electrons. The minimum atomic E-state index is -4.44. The first-order valence-electron chi connectivity index (χ1n) is 13.6. The van der Waals surface area contributed by atoms with E-state index >= 15 is 0 Å². The summed E-state index contributed by atoms with van der Waals surface area (Å²) in [4.78, 5) is 35.4. The first-order valence-corrected chi connectivity index (χ1v) is 16.8. The second-order valence-electron chi connectivity index (χ2n) is 10.9. The quantitative estimate of drug-likeness (QED) is 0.107. The maximum atomic E-state index is 13.3. The van der Waals surface area contributed by atoms with Gasteiger partial charge in [-0.3, -0.25) is 13.9 Å². The number of aromatic nitrogens is 8. The van der Waals surface area contributed by atoms with Gasteiger partial charge in [-0.25, -0.2) is 38.1 Å². The van der Waals surface area contributed by atoms with Crippen LogP contribution in [0.1, 0.15) is 24.7 Å². The number of H-pyrrole nitrogens is 1. The van der Waals surface area contributed by atoms with Crippen molar-refractivity contribution in [2.45, 2.75) is 62.3 Å². The molecule has 8 N–H and O–H groups in total. The Hall–Kier alpha value is -3.68. The van der Waals surface area contributed by atoms with Crippen molar-refractivity contribution in [1.29, 1.82) is 0 Å². The number of aromatic amines is 1. The minimum Gasteiger partial charge on any atom is -0.389 e. The zero-order valence-corrected chi connectivity index (χ0v) is 24.9. The summed E-state index contributed by atoms with van der Waals surface area (Å²) in [5, 5.41) is 22.4. The van der Waals surface area contributed by atoms with E-state index in [0.29, 0.717) is 0 Å². The van der Waals surface area contributed by atoms with Crippen molar-refractivity contribution in [3.63, 3.8) is 0 Å². The second-order valence-corrected chi connectivity index (χ2v) is 14.3. The van der Waals surface area contributed by atoms with Crippen molar-refractivity contribution >= 4 is 48.4 Å². The van der Waals surface area contributed by atoms with Crippen LogP contribution in [0, 0.1) is 6.92 Å². The number of rotatable bonds is 2. The van der Waals surface area contributed by atoms with Gasteiger partial charge in [-0.1, -0.05) is 0 Å². The molecule has 23 heteroatoms. The van der Waals surface area contributed by atoms with Crippen molar-refractivity contribution in [1.82, 2.24) is 53.2 Å². The molecule has 0 aromatic carbocycles. The van der Waals surface area contributed by atoms with Gasteiger partial charge in [-0.05, 0) is 13.3 Å². The maximum Gasteiger partial charge on any atom is 0.279 e. The van der Waals surface area contributed by atoms with E-state index in [-0.39, 0.29) is 40.4 Å². The third kappa shape index (κ3) is 5.24. The topological polar surface area (TPSA) is 296 Å². The second kappa shape index (κ2) is 10.7. The lowest BCUT2D eigenvalue weighted by Gasteiger charge is -2.24. The molecule has 45 heavy (non-hydrogen) atoms. The van der Waals surface area contributed by atoms with Crippen LogP contribution in [0.5, 0.6) is 0 Å². The number of sulfonamides is 1. The van der Waals surface area contributed by atoms with Gasteiger partial charge in [-0.2, -0.15) is 17.9 Å². The standard InChI is InChI=1S/C22H28N12O9S2/c1-8-29-19-14(20(37)30-8)27-7-34(19)21-12-15(35)9(42-21)2-3-44(38,39)31-11-10(4-28-45(40,41)32-12)43-22(16(11)36)33-6-26-13-17(23)24-5-25-18(13)33/h5-7,9-12,15-16,21-22,28,31-32,35-36H,2-4H2,1H3,(H2,23,24,25)(H,29,30,37)/t9-,10-,11+,12+,15?,16?,21-,22-/m1/s1. The summed E-state index contributed by atoms with van der Waals surface area (Å²) in [5.41, 5.74) is 5.80. The van der Waals surface area contributed by atoms with Gasteiger partial charge in [0.05, 0.1) is 42.7 Å². The molecule has 3 saturated heterocycles. The fourth-order valence-electron chi connectivity index (χ4n) is 5.87. The van der Waals surface area contributed by atoms with Gasteiger partial charge in [0, 0.05) is 6.54 Å². The van der Waals surface area contributed by atoms with Crippen LogP contribution >= 0.6 is 0 Å². The summed E-state index contributed by atoms with van der Waals surface area (Å²) in [6.45, 7) is 1.05. The Labute approximate surface area is 253 Å². The molecule has 2 unspecified atom stereocenters. The Kier molecular flexibility index (Phi) is 7.13. The highest BCUT2D eigenvalue weighted by Crippen LogP contribution is 2.35. The molecule has 242 valence electrons. The van der Waals surface area contributed by atoms with Crippen LogP contribution in [-0.2, 0) is 29.7 Å². The predicted octanol–water partition coefficient (Wildman–Crippen LogP) is -4.15. The number of nitrogen functional groups attached to an aromatic ring is 1. The summed E-state index contributed by atoms with van der Waals surface area (Å²) in [7, 11) is -8.61. The molecule has 2 bridgehead atoms. The molecular weight excluding hydrogens is 640 g/mol. The summed E-state index contributed by atoms with van der Waals surface area (Å²) in [6, 6.07) is -2.66. The summed E-state index contributed by atoms with van der Waals surface area (Å²) >= 11 is 0. The Morgan fingerprint density at radius 2 is 1.62 bits per heavy atom. The van der Waals surface area contributed by atoms with Crippen LogP contribution in [-0.4, -0.2) is 115 Å². The molecule has 3 aliphatic heterocycles. The lowest BCUT2D eigenvalue weighted by Crippen LogP contribution is -2.53. The number of hydrogen-bond donors (Lipinski definition) is 7. The average molecular weight is 669 g/mol. The monoisotopic (exact) mass is 668 g/mol. The van der Waals surface area contributed by atoms with Crippen LogP contribution in [0.4, 0.5) is 5.82 Å². The highest BCUT2D eigenvalue weighted by atomic mass is 32.2. The number of imidazole rings is 2. The number of anilines is 1. The molecule has 4 aromatic rings. The van der Waals surface area contributed by atoms with E-state index < -0.39 is 87.0 Å². The van der Waals surface area contributed by atoms with E-state index in [2.05, 4.69) is 44.1 Å². The van der Waals surface area contributed by atoms with Gasteiger partial charge < -0.3 is 30.4 Å². The molecule has 0 amide bonds. The van der Waals surface area contributed by atoms with Crippen LogP contribution in [0.2, 0.25) is 0 Å². The lowest BCUT2D eigenvalue weighted by molar-refractivity contribution is -0.0330. The van der Waals surface area contributed by atoms with E-state index in [1.165, 1.54) is 28.1 Å².